The summed E-state index contributed by atoms with van der Waals surface area (Å²) in [6.07, 6.45) is 1.47. The molecule has 0 aromatic heterocycles. The molecule has 1 N–H and O–H groups in total. The monoisotopic (exact) mass is 539 g/mol. The maximum absolute atomic E-state index is 14.4. The van der Waals surface area contributed by atoms with E-state index in [1.807, 2.05) is 67.6 Å². The first-order chi connectivity index (χ1) is 18.2. The molecule has 0 unspecified atom stereocenters. The predicted octanol–water partition coefficient (Wildman–Crippen LogP) is 4.15. The summed E-state index contributed by atoms with van der Waals surface area (Å²) in [7, 11) is -3.78. The third-order valence-electron chi connectivity index (χ3n) is 6.09. The number of halogens is 1. The molecule has 0 saturated heterocycles. The van der Waals surface area contributed by atoms with Crippen molar-refractivity contribution in [1.82, 2.24) is 10.2 Å². The number of para-hydroxylation sites is 1. The molecule has 3 aromatic carbocycles. The largest absolute Gasteiger partial charge is 0.355 e. The number of carbonyl (C=O) groups excluding carboxylic acids is 2. The number of hydrogen-bond donors (Lipinski definition) is 1. The average Bonchev–Trinajstić information content (AvgIpc) is 2.90. The SMILES string of the molecule is CCNC(=O)[C@@H](Cc1ccccc1)N(Cc1ccccc1)C(=O)CCCN(c1ccccc1F)S(C)(=O)=O. The van der Waals surface area contributed by atoms with Crippen LogP contribution in [0, 0.1) is 5.82 Å². The summed E-state index contributed by atoms with van der Waals surface area (Å²) in [5.41, 5.74) is 1.72. The summed E-state index contributed by atoms with van der Waals surface area (Å²) in [6.45, 7) is 2.39. The fourth-order valence-electron chi connectivity index (χ4n) is 4.26. The van der Waals surface area contributed by atoms with Crippen molar-refractivity contribution in [2.45, 2.75) is 38.8 Å². The molecule has 0 fully saturated rings. The van der Waals surface area contributed by atoms with E-state index in [2.05, 4.69) is 5.32 Å². The van der Waals surface area contributed by atoms with Crippen molar-refractivity contribution in [3.05, 3.63) is 102 Å². The maximum Gasteiger partial charge on any atom is 0.243 e. The molecule has 0 radical (unpaired) electrons. The highest BCUT2D eigenvalue weighted by Gasteiger charge is 2.30. The molecule has 3 aromatic rings. The summed E-state index contributed by atoms with van der Waals surface area (Å²) in [5.74, 6) is -1.21. The van der Waals surface area contributed by atoms with Crippen LogP contribution in [0.4, 0.5) is 10.1 Å². The van der Waals surface area contributed by atoms with E-state index in [0.29, 0.717) is 13.0 Å². The van der Waals surface area contributed by atoms with Gasteiger partial charge in [0.05, 0.1) is 11.9 Å². The molecular formula is C29H34FN3O4S. The molecule has 0 spiro atoms. The first kappa shape index (κ1) is 28.8. The van der Waals surface area contributed by atoms with Crippen molar-refractivity contribution >= 4 is 27.5 Å². The lowest BCUT2D eigenvalue weighted by Crippen LogP contribution is -2.50. The van der Waals surface area contributed by atoms with Gasteiger partial charge in [-0.2, -0.15) is 0 Å². The minimum absolute atomic E-state index is 0.0159. The normalized spacial score (nSPS) is 12.0. The van der Waals surface area contributed by atoms with Gasteiger partial charge in [0.15, 0.2) is 0 Å². The molecule has 0 bridgehead atoms. The van der Waals surface area contributed by atoms with Crippen LogP contribution in [0.3, 0.4) is 0 Å². The van der Waals surface area contributed by atoms with E-state index >= 15 is 0 Å². The first-order valence-corrected chi connectivity index (χ1v) is 14.4. The molecule has 38 heavy (non-hydrogen) atoms. The molecule has 0 aliphatic rings. The summed E-state index contributed by atoms with van der Waals surface area (Å²) in [5, 5.41) is 2.85. The minimum atomic E-state index is -3.78. The second-order valence-corrected chi connectivity index (χ2v) is 10.9. The van der Waals surface area contributed by atoms with E-state index in [0.717, 1.165) is 21.7 Å². The van der Waals surface area contributed by atoms with Gasteiger partial charge in [-0.1, -0.05) is 72.8 Å². The molecular weight excluding hydrogens is 505 g/mol. The van der Waals surface area contributed by atoms with Gasteiger partial charge in [0.25, 0.3) is 0 Å². The molecule has 2 amide bonds. The van der Waals surface area contributed by atoms with Crippen LogP contribution in [-0.2, 0) is 32.6 Å². The number of anilines is 1. The standard InChI is InChI=1S/C29H34FN3O4S/c1-3-31-29(35)27(21-23-13-6-4-7-14-23)32(22-24-15-8-5-9-16-24)28(34)19-12-20-33(38(2,36)37)26-18-11-10-17-25(26)30/h4-11,13-18,27H,3,12,19-22H2,1-2H3,(H,31,35)/t27-/m1/s1. The molecule has 0 aliphatic heterocycles. The van der Waals surface area contributed by atoms with Gasteiger partial charge in [-0.3, -0.25) is 13.9 Å². The number of amides is 2. The number of likely N-dealkylation sites (N-methyl/N-ethyl adjacent to an activating group) is 1. The van der Waals surface area contributed by atoms with Gasteiger partial charge in [0.1, 0.15) is 11.9 Å². The van der Waals surface area contributed by atoms with Crippen LogP contribution in [0.5, 0.6) is 0 Å². The number of carbonyl (C=O) groups is 2. The average molecular weight is 540 g/mol. The van der Waals surface area contributed by atoms with Crippen LogP contribution in [0.2, 0.25) is 0 Å². The topological polar surface area (TPSA) is 86.8 Å². The van der Waals surface area contributed by atoms with E-state index in [1.165, 1.54) is 18.2 Å². The Hall–Kier alpha value is -3.72. The Morgan fingerprint density at radius 2 is 1.47 bits per heavy atom. The quantitative estimate of drug-likeness (QED) is 0.354. The Labute approximate surface area is 224 Å². The molecule has 202 valence electrons. The predicted molar refractivity (Wildman–Crippen MR) is 147 cm³/mol. The molecule has 1 atom stereocenters. The maximum atomic E-state index is 14.4. The van der Waals surface area contributed by atoms with Crippen molar-refractivity contribution in [2.24, 2.45) is 0 Å². The number of sulfonamides is 1. The van der Waals surface area contributed by atoms with Crippen molar-refractivity contribution in [2.75, 3.05) is 23.7 Å². The number of benzene rings is 3. The number of hydrogen-bond acceptors (Lipinski definition) is 4. The highest BCUT2D eigenvalue weighted by Crippen LogP contribution is 2.22. The number of nitrogens with zero attached hydrogens (tertiary/aromatic N) is 2. The van der Waals surface area contributed by atoms with Crippen molar-refractivity contribution in [3.63, 3.8) is 0 Å². The highest BCUT2D eigenvalue weighted by molar-refractivity contribution is 7.92. The van der Waals surface area contributed by atoms with Gasteiger partial charge in [0.2, 0.25) is 21.8 Å². The molecule has 3 rings (SSSR count). The second-order valence-electron chi connectivity index (χ2n) is 9.00. The lowest BCUT2D eigenvalue weighted by molar-refractivity contribution is -0.141. The van der Waals surface area contributed by atoms with Crippen LogP contribution in [0.25, 0.3) is 0 Å². The zero-order chi connectivity index (χ0) is 27.5. The minimum Gasteiger partial charge on any atom is -0.355 e. The summed E-state index contributed by atoms with van der Waals surface area (Å²) in [6, 6.07) is 23.8. The van der Waals surface area contributed by atoms with Crippen molar-refractivity contribution < 1.29 is 22.4 Å². The first-order valence-electron chi connectivity index (χ1n) is 12.6. The van der Waals surface area contributed by atoms with Crippen LogP contribution in [-0.4, -0.2) is 50.5 Å². The van der Waals surface area contributed by atoms with Gasteiger partial charge < -0.3 is 10.2 Å². The fraction of sp³-hybridized carbons (Fsp3) is 0.310. The molecule has 7 nitrogen and oxygen atoms in total. The van der Waals surface area contributed by atoms with E-state index < -0.39 is 21.9 Å². The van der Waals surface area contributed by atoms with E-state index in [9.17, 15) is 22.4 Å². The molecule has 9 heteroatoms. The van der Waals surface area contributed by atoms with Crippen molar-refractivity contribution in [1.29, 1.82) is 0 Å². The Bertz CT molecular complexity index is 1300. The highest BCUT2D eigenvalue weighted by atomic mass is 32.2. The number of rotatable bonds is 13. The molecule has 0 heterocycles. The van der Waals surface area contributed by atoms with Gasteiger partial charge in [-0.05, 0) is 36.6 Å². The third-order valence-corrected chi connectivity index (χ3v) is 7.27. The smallest absolute Gasteiger partial charge is 0.243 e. The van der Waals surface area contributed by atoms with Crippen LogP contribution in [0.1, 0.15) is 30.9 Å². The van der Waals surface area contributed by atoms with E-state index in [1.54, 1.807) is 11.0 Å². The van der Waals surface area contributed by atoms with E-state index in [4.69, 9.17) is 0 Å². The summed E-state index contributed by atoms with van der Waals surface area (Å²) in [4.78, 5) is 28.4. The van der Waals surface area contributed by atoms with Gasteiger partial charge in [-0.15, -0.1) is 0 Å². The number of nitrogens with one attached hydrogen (secondary N) is 1. The van der Waals surface area contributed by atoms with Gasteiger partial charge in [0, 0.05) is 32.5 Å². The summed E-state index contributed by atoms with van der Waals surface area (Å²) >= 11 is 0. The van der Waals surface area contributed by atoms with Crippen LogP contribution < -0.4 is 9.62 Å². The van der Waals surface area contributed by atoms with Gasteiger partial charge >= 0.3 is 0 Å². The molecule has 0 saturated carbocycles. The van der Waals surface area contributed by atoms with Gasteiger partial charge in [-0.25, -0.2) is 12.8 Å². The lowest BCUT2D eigenvalue weighted by Gasteiger charge is -2.32. The van der Waals surface area contributed by atoms with Crippen molar-refractivity contribution in [3.8, 4) is 0 Å². The zero-order valence-electron chi connectivity index (χ0n) is 21.7. The Morgan fingerprint density at radius 3 is 2.05 bits per heavy atom. The fourth-order valence-corrected chi connectivity index (χ4v) is 5.23. The van der Waals surface area contributed by atoms with Crippen LogP contribution >= 0.6 is 0 Å². The Balaban J connectivity index is 1.84. The zero-order valence-corrected chi connectivity index (χ0v) is 22.5. The van der Waals surface area contributed by atoms with Crippen LogP contribution in [0.15, 0.2) is 84.9 Å². The Morgan fingerprint density at radius 1 is 0.895 bits per heavy atom. The lowest BCUT2D eigenvalue weighted by atomic mass is 10.0. The molecule has 0 aliphatic carbocycles. The Kier molecular flexibility index (Phi) is 10.4. The summed E-state index contributed by atoms with van der Waals surface area (Å²) < 4.78 is 40.2. The second kappa shape index (κ2) is 13.7. The third kappa shape index (κ3) is 8.14. The van der Waals surface area contributed by atoms with E-state index in [-0.39, 0.29) is 43.4 Å².